The molecule has 18 heavy (non-hydrogen) atoms. The van der Waals surface area contributed by atoms with Crippen molar-refractivity contribution in [1.82, 2.24) is 0 Å². The lowest BCUT2D eigenvalue weighted by molar-refractivity contribution is 0.112. The number of aldehydes is 1. The van der Waals surface area contributed by atoms with Crippen LogP contribution < -0.4 is 4.74 Å². The van der Waals surface area contributed by atoms with Crippen LogP contribution in [0.2, 0.25) is 0 Å². The molecule has 0 aliphatic heterocycles. The Morgan fingerprint density at radius 2 is 1.61 bits per heavy atom. The first-order chi connectivity index (χ1) is 8.60. The molecule has 0 spiro atoms. The van der Waals surface area contributed by atoms with E-state index in [1.54, 1.807) is 0 Å². The maximum atomic E-state index is 12.9. The molecular formula is C13H7BrF2O2. The van der Waals surface area contributed by atoms with E-state index in [-0.39, 0.29) is 11.3 Å². The molecule has 0 unspecified atom stereocenters. The van der Waals surface area contributed by atoms with Gasteiger partial charge in [-0.15, -0.1) is 0 Å². The van der Waals surface area contributed by atoms with Gasteiger partial charge in [0.2, 0.25) is 0 Å². The molecule has 0 aliphatic carbocycles. The number of rotatable bonds is 3. The summed E-state index contributed by atoms with van der Waals surface area (Å²) < 4.78 is 31.7. The predicted molar refractivity (Wildman–Crippen MR) is 66.0 cm³/mol. The second-order valence-electron chi connectivity index (χ2n) is 3.48. The van der Waals surface area contributed by atoms with Crippen LogP contribution in [0.5, 0.6) is 11.5 Å². The number of carbonyl (C=O) groups is 1. The smallest absolute Gasteiger partial charge is 0.153 e. The van der Waals surface area contributed by atoms with Crippen molar-refractivity contribution in [3.05, 3.63) is 58.1 Å². The largest absolute Gasteiger partial charge is 0.455 e. The van der Waals surface area contributed by atoms with Gasteiger partial charge in [-0.1, -0.05) is 0 Å². The lowest BCUT2D eigenvalue weighted by Crippen LogP contribution is -1.92. The average molecular weight is 313 g/mol. The monoisotopic (exact) mass is 312 g/mol. The van der Waals surface area contributed by atoms with Crippen molar-refractivity contribution < 1.29 is 18.3 Å². The van der Waals surface area contributed by atoms with Crippen molar-refractivity contribution in [2.75, 3.05) is 0 Å². The second kappa shape index (κ2) is 5.27. The molecule has 0 atom stereocenters. The summed E-state index contributed by atoms with van der Waals surface area (Å²) in [5.41, 5.74) is 0.0891. The molecule has 0 bridgehead atoms. The van der Waals surface area contributed by atoms with Crippen LogP contribution in [0, 0.1) is 11.6 Å². The van der Waals surface area contributed by atoms with Gasteiger partial charge in [0.1, 0.15) is 23.1 Å². The van der Waals surface area contributed by atoms with E-state index >= 15 is 0 Å². The maximum Gasteiger partial charge on any atom is 0.153 e. The highest BCUT2D eigenvalue weighted by molar-refractivity contribution is 9.10. The van der Waals surface area contributed by atoms with Gasteiger partial charge in [-0.2, -0.15) is 0 Å². The summed E-state index contributed by atoms with van der Waals surface area (Å²) in [7, 11) is 0. The molecule has 0 saturated carbocycles. The zero-order chi connectivity index (χ0) is 13.1. The van der Waals surface area contributed by atoms with Crippen LogP contribution in [0.4, 0.5) is 8.78 Å². The van der Waals surface area contributed by atoms with Crippen molar-refractivity contribution >= 4 is 22.2 Å². The summed E-state index contributed by atoms with van der Waals surface area (Å²) in [5.74, 6) is -0.392. The van der Waals surface area contributed by atoms with Gasteiger partial charge >= 0.3 is 0 Å². The SMILES string of the molecule is O=Cc1cc(F)ccc1Oc1ccc(F)cc1Br. The Bertz CT molecular complexity index is 600. The minimum Gasteiger partial charge on any atom is -0.455 e. The van der Waals surface area contributed by atoms with Crippen molar-refractivity contribution in [2.24, 2.45) is 0 Å². The molecule has 0 fully saturated rings. The van der Waals surface area contributed by atoms with Crippen LogP contribution in [0.25, 0.3) is 0 Å². The Morgan fingerprint density at radius 3 is 2.22 bits per heavy atom. The summed E-state index contributed by atoms with van der Waals surface area (Å²) in [6.45, 7) is 0. The summed E-state index contributed by atoms with van der Waals surface area (Å²) in [6, 6.07) is 7.47. The molecule has 5 heteroatoms. The van der Waals surface area contributed by atoms with E-state index in [0.29, 0.717) is 16.5 Å². The van der Waals surface area contributed by atoms with E-state index in [0.717, 1.165) is 6.07 Å². The highest BCUT2D eigenvalue weighted by Gasteiger charge is 2.08. The summed E-state index contributed by atoms with van der Waals surface area (Å²) >= 11 is 3.14. The molecule has 2 rings (SSSR count). The molecule has 0 aliphatic rings. The summed E-state index contributed by atoms with van der Waals surface area (Å²) in [6.07, 6.45) is 0.496. The van der Waals surface area contributed by atoms with Crippen LogP contribution in [0.3, 0.4) is 0 Å². The van der Waals surface area contributed by atoms with Gasteiger partial charge < -0.3 is 4.74 Å². The number of hydrogen-bond donors (Lipinski definition) is 0. The standard InChI is InChI=1S/C13H7BrF2O2/c14-11-6-10(16)2-4-13(11)18-12-3-1-9(15)5-8(12)7-17/h1-7H. The van der Waals surface area contributed by atoms with Crippen molar-refractivity contribution in [3.8, 4) is 11.5 Å². The number of benzene rings is 2. The fourth-order valence-corrected chi connectivity index (χ4v) is 1.81. The van der Waals surface area contributed by atoms with Crippen LogP contribution in [0.1, 0.15) is 10.4 Å². The fourth-order valence-electron chi connectivity index (χ4n) is 1.38. The number of carbonyl (C=O) groups excluding carboxylic acids is 1. The van der Waals surface area contributed by atoms with Crippen molar-refractivity contribution in [2.45, 2.75) is 0 Å². The minimum absolute atomic E-state index is 0.0891. The Hall–Kier alpha value is -1.75. The average Bonchev–Trinajstić information content (AvgIpc) is 2.34. The molecule has 0 saturated heterocycles. The third-order valence-corrected chi connectivity index (χ3v) is 2.83. The summed E-state index contributed by atoms with van der Waals surface area (Å²) in [5, 5.41) is 0. The predicted octanol–water partition coefficient (Wildman–Crippen LogP) is 4.33. The minimum atomic E-state index is -0.525. The Balaban J connectivity index is 2.36. The molecule has 92 valence electrons. The van der Waals surface area contributed by atoms with E-state index in [9.17, 15) is 13.6 Å². The Kier molecular flexibility index (Phi) is 3.72. The number of halogens is 3. The van der Waals surface area contributed by atoms with E-state index in [1.807, 2.05) is 0 Å². The lowest BCUT2D eigenvalue weighted by Gasteiger charge is -2.09. The quantitative estimate of drug-likeness (QED) is 0.788. The van der Waals surface area contributed by atoms with Gasteiger partial charge in [0.15, 0.2) is 6.29 Å². The zero-order valence-corrected chi connectivity index (χ0v) is 10.6. The van der Waals surface area contributed by atoms with Gasteiger partial charge in [-0.25, -0.2) is 8.78 Å². The van der Waals surface area contributed by atoms with Crippen LogP contribution in [-0.4, -0.2) is 6.29 Å². The van der Waals surface area contributed by atoms with E-state index in [2.05, 4.69) is 15.9 Å². The van der Waals surface area contributed by atoms with Gasteiger partial charge in [-0.05, 0) is 52.3 Å². The van der Waals surface area contributed by atoms with Crippen LogP contribution >= 0.6 is 15.9 Å². The van der Waals surface area contributed by atoms with E-state index in [4.69, 9.17) is 4.74 Å². The third-order valence-electron chi connectivity index (χ3n) is 2.21. The van der Waals surface area contributed by atoms with Crippen molar-refractivity contribution in [3.63, 3.8) is 0 Å². The van der Waals surface area contributed by atoms with Gasteiger partial charge in [0.25, 0.3) is 0 Å². The Morgan fingerprint density at radius 1 is 1.00 bits per heavy atom. The molecule has 0 heterocycles. The highest BCUT2D eigenvalue weighted by atomic mass is 79.9. The molecule has 0 aromatic heterocycles. The lowest BCUT2D eigenvalue weighted by atomic mass is 10.2. The molecule has 0 radical (unpaired) electrons. The number of hydrogen-bond acceptors (Lipinski definition) is 2. The van der Waals surface area contributed by atoms with Crippen LogP contribution in [0.15, 0.2) is 40.9 Å². The van der Waals surface area contributed by atoms with Crippen LogP contribution in [-0.2, 0) is 0 Å². The topological polar surface area (TPSA) is 26.3 Å². The number of ether oxygens (including phenoxy) is 1. The first kappa shape index (κ1) is 12.7. The van der Waals surface area contributed by atoms with E-state index in [1.165, 1.54) is 30.3 Å². The normalized spacial score (nSPS) is 10.2. The molecular weight excluding hydrogens is 306 g/mol. The zero-order valence-electron chi connectivity index (χ0n) is 8.99. The second-order valence-corrected chi connectivity index (χ2v) is 4.33. The van der Waals surface area contributed by atoms with E-state index < -0.39 is 11.6 Å². The molecule has 2 aromatic carbocycles. The maximum absolute atomic E-state index is 12.9. The summed E-state index contributed by atoms with van der Waals surface area (Å²) in [4.78, 5) is 10.8. The first-order valence-corrected chi connectivity index (χ1v) is 5.77. The Labute approximate surface area is 110 Å². The van der Waals surface area contributed by atoms with Crippen molar-refractivity contribution in [1.29, 1.82) is 0 Å². The molecule has 0 amide bonds. The molecule has 0 N–H and O–H groups in total. The van der Waals surface area contributed by atoms with Gasteiger partial charge in [-0.3, -0.25) is 4.79 Å². The van der Waals surface area contributed by atoms with Gasteiger partial charge in [0, 0.05) is 0 Å². The molecule has 2 nitrogen and oxygen atoms in total. The highest BCUT2D eigenvalue weighted by Crippen LogP contribution is 2.31. The third kappa shape index (κ3) is 2.73. The fraction of sp³-hybridized carbons (Fsp3) is 0. The van der Waals surface area contributed by atoms with Gasteiger partial charge in [0.05, 0.1) is 10.0 Å². The molecule has 2 aromatic rings. The first-order valence-electron chi connectivity index (χ1n) is 4.98.